The summed E-state index contributed by atoms with van der Waals surface area (Å²) < 4.78 is 0. The van der Waals surface area contributed by atoms with Gasteiger partial charge in [-0.3, -0.25) is 9.69 Å². The van der Waals surface area contributed by atoms with Crippen LogP contribution in [-0.2, 0) is 4.79 Å². The van der Waals surface area contributed by atoms with Gasteiger partial charge in [0.1, 0.15) is 0 Å². The van der Waals surface area contributed by atoms with E-state index in [2.05, 4.69) is 29.4 Å². The second-order valence-electron chi connectivity index (χ2n) is 6.00. The van der Waals surface area contributed by atoms with Crippen molar-refractivity contribution in [3.8, 4) is 0 Å². The lowest BCUT2D eigenvalue weighted by Gasteiger charge is -2.37. The SMILES string of the molecule is CCCNC(=O)C(C)N1CCCC1C1CCNCC1. The Balaban J connectivity index is 1.91. The van der Waals surface area contributed by atoms with Crippen molar-refractivity contribution in [2.75, 3.05) is 26.2 Å². The first-order valence-corrected chi connectivity index (χ1v) is 7.98. The topological polar surface area (TPSA) is 44.4 Å². The Hall–Kier alpha value is -0.610. The van der Waals surface area contributed by atoms with Gasteiger partial charge in [-0.25, -0.2) is 0 Å². The Bertz CT molecular complexity index is 289. The third-order valence-corrected chi connectivity index (χ3v) is 4.70. The Labute approximate surface area is 117 Å². The van der Waals surface area contributed by atoms with Crippen LogP contribution in [0.15, 0.2) is 0 Å². The van der Waals surface area contributed by atoms with Crippen LogP contribution in [-0.4, -0.2) is 49.1 Å². The van der Waals surface area contributed by atoms with Crippen molar-refractivity contribution < 1.29 is 4.79 Å². The van der Waals surface area contributed by atoms with Gasteiger partial charge in [-0.15, -0.1) is 0 Å². The molecule has 4 nitrogen and oxygen atoms in total. The van der Waals surface area contributed by atoms with Crippen LogP contribution in [0.2, 0.25) is 0 Å². The third kappa shape index (κ3) is 3.69. The van der Waals surface area contributed by atoms with Gasteiger partial charge in [-0.1, -0.05) is 6.92 Å². The van der Waals surface area contributed by atoms with E-state index in [4.69, 9.17) is 0 Å². The predicted octanol–water partition coefficient (Wildman–Crippen LogP) is 1.37. The molecule has 0 saturated carbocycles. The molecule has 110 valence electrons. The number of rotatable bonds is 5. The maximum atomic E-state index is 12.2. The van der Waals surface area contributed by atoms with E-state index >= 15 is 0 Å². The van der Waals surface area contributed by atoms with Crippen LogP contribution in [0.1, 0.15) is 46.0 Å². The van der Waals surface area contributed by atoms with Gasteiger partial charge in [0.15, 0.2) is 0 Å². The average molecular weight is 267 g/mol. The molecule has 4 heteroatoms. The van der Waals surface area contributed by atoms with Crippen LogP contribution < -0.4 is 10.6 Å². The summed E-state index contributed by atoms with van der Waals surface area (Å²) in [5, 5.41) is 6.47. The number of likely N-dealkylation sites (tertiary alicyclic amines) is 1. The molecule has 0 aromatic carbocycles. The number of carbonyl (C=O) groups excluding carboxylic acids is 1. The van der Waals surface area contributed by atoms with E-state index in [-0.39, 0.29) is 11.9 Å². The van der Waals surface area contributed by atoms with Crippen molar-refractivity contribution in [1.29, 1.82) is 0 Å². The molecule has 2 aliphatic rings. The van der Waals surface area contributed by atoms with Crippen molar-refractivity contribution >= 4 is 5.91 Å². The van der Waals surface area contributed by atoms with Crippen LogP contribution in [0.5, 0.6) is 0 Å². The fourth-order valence-electron chi connectivity index (χ4n) is 3.58. The molecule has 0 bridgehead atoms. The van der Waals surface area contributed by atoms with E-state index in [1.54, 1.807) is 0 Å². The number of carbonyl (C=O) groups is 1. The van der Waals surface area contributed by atoms with E-state index in [1.165, 1.54) is 25.7 Å². The summed E-state index contributed by atoms with van der Waals surface area (Å²) >= 11 is 0. The smallest absolute Gasteiger partial charge is 0.237 e. The van der Waals surface area contributed by atoms with Gasteiger partial charge in [-0.2, -0.15) is 0 Å². The number of hydrogen-bond donors (Lipinski definition) is 2. The maximum absolute atomic E-state index is 12.2. The zero-order valence-electron chi connectivity index (χ0n) is 12.5. The Kier molecular flexibility index (Phi) is 5.64. The lowest BCUT2D eigenvalue weighted by molar-refractivity contribution is -0.126. The molecule has 2 unspecified atom stereocenters. The first-order chi connectivity index (χ1) is 9.24. The molecule has 0 spiro atoms. The van der Waals surface area contributed by atoms with Gasteiger partial charge in [0.2, 0.25) is 5.91 Å². The molecule has 2 N–H and O–H groups in total. The molecular formula is C15H29N3O. The van der Waals surface area contributed by atoms with Gasteiger partial charge >= 0.3 is 0 Å². The van der Waals surface area contributed by atoms with Crippen molar-refractivity contribution in [1.82, 2.24) is 15.5 Å². The van der Waals surface area contributed by atoms with Crippen LogP contribution >= 0.6 is 0 Å². The number of nitrogens with zero attached hydrogens (tertiary/aromatic N) is 1. The molecular weight excluding hydrogens is 238 g/mol. The highest BCUT2D eigenvalue weighted by molar-refractivity contribution is 5.81. The first-order valence-electron chi connectivity index (χ1n) is 7.98. The third-order valence-electron chi connectivity index (χ3n) is 4.70. The molecule has 1 amide bonds. The summed E-state index contributed by atoms with van der Waals surface area (Å²) in [7, 11) is 0. The molecule has 0 aliphatic carbocycles. The minimum atomic E-state index is 0.0361. The summed E-state index contributed by atoms with van der Waals surface area (Å²) in [5.41, 5.74) is 0. The van der Waals surface area contributed by atoms with Crippen molar-refractivity contribution in [2.24, 2.45) is 5.92 Å². The zero-order valence-corrected chi connectivity index (χ0v) is 12.5. The summed E-state index contributed by atoms with van der Waals surface area (Å²) in [4.78, 5) is 14.6. The van der Waals surface area contributed by atoms with E-state index in [0.717, 1.165) is 38.5 Å². The highest BCUT2D eigenvalue weighted by atomic mass is 16.2. The van der Waals surface area contributed by atoms with Crippen LogP contribution in [0.4, 0.5) is 0 Å². The van der Waals surface area contributed by atoms with Gasteiger partial charge in [-0.05, 0) is 64.6 Å². The monoisotopic (exact) mass is 267 g/mol. The standard InChI is InChI=1S/C15H29N3O/c1-3-8-17-15(19)12(2)18-11-4-5-14(18)13-6-9-16-10-7-13/h12-14,16H,3-11H2,1-2H3,(H,17,19). The second kappa shape index (κ2) is 7.25. The summed E-state index contributed by atoms with van der Waals surface area (Å²) in [6, 6.07) is 0.665. The number of amides is 1. The second-order valence-corrected chi connectivity index (χ2v) is 6.00. The first kappa shape index (κ1) is 14.8. The minimum absolute atomic E-state index is 0.0361. The van der Waals surface area contributed by atoms with Gasteiger partial charge in [0.25, 0.3) is 0 Å². The minimum Gasteiger partial charge on any atom is -0.355 e. The molecule has 2 atom stereocenters. The van der Waals surface area contributed by atoms with Crippen molar-refractivity contribution in [2.45, 2.75) is 58.0 Å². The van der Waals surface area contributed by atoms with Gasteiger partial charge < -0.3 is 10.6 Å². The summed E-state index contributed by atoms with van der Waals surface area (Å²) in [5.74, 6) is 0.993. The zero-order chi connectivity index (χ0) is 13.7. The highest BCUT2D eigenvalue weighted by Gasteiger charge is 2.36. The van der Waals surface area contributed by atoms with Gasteiger partial charge in [0.05, 0.1) is 6.04 Å². The van der Waals surface area contributed by atoms with Crippen molar-refractivity contribution in [3.05, 3.63) is 0 Å². The normalized spacial score (nSPS) is 27.4. The van der Waals surface area contributed by atoms with Crippen molar-refractivity contribution in [3.63, 3.8) is 0 Å². The molecule has 19 heavy (non-hydrogen) atoms. The predicted molar refractivity (Wildman–Crippen MR) is 78.1 cm³/mol. The summed E-state index contributed by atoms with van der Waals surface area (Å²) in [6.07, 6.45) is 6.07. The number of piperidine rings is 1. The molecule has 2 heterocycles. The quantitative estimate of drug-likeness (QED) is 0.790. The maximum Gasteiger partial charge on any atom is 0.237 e. The van der Waals surface area contributed by atoms with E-state index in [0.29, 0.717) is 6.04 Å². The fraction of sp³-hybridized carbons (Fsp3) is 0.933. The molecule has 0 aromatic rings. The Morgan fingerprint density at radius 2 is 2.11 bits per heavy atom. The number of hydrogen-bond acceptors (Lipinski definition) is 3. The largest absolute Gasteiger partial charge is 0.355 e. The molecule has 2 fully saturated rings. The average Bonchev–Trinajstić information content (AvgIpc) is 2.94. The highest BCUT2D eigenvalue weighted by Crippen LogP contribution is 2.30. The van der Waals surface area contributed by atoms with E-state index in [9.17, 15) is 4.79 Å². The molecule has 0 aromatic heterocycles. The molecule has 2 aliphatic heterocycles. The Morgan fingerprint density at radius 3 is 2.79 bits per heavy atom. The molecule has 0 radical (unpaired) electrons. The van der Waals surface area contributed by atoms with Crippen LogP contribution in [0.25, 0.3) is 0 Å². The van der Waals surface area contributed by atoms with E-state index < -0.39 is 0 Å². The molecule has 2 rings (SSSR count). The van der Waals surface area contributed by atoms with Gasteiger partial charge in [0, 0.05) is 12.6 Å². The van der Waals surface area contributed by atoms with Crippen LogP contribution in [0, 0.1) is 5.92 Å². The Morgan fingerprint density at radius 1 is 1.37 bits per heavy atom. The van der Waals surface area contributed by atoms with Crippen LogP contribution in [0.3, 0.4) is 0 Å². The lowest BCUT2D eigenvalue weighted by atomic mass is 9.88. The summed E-state index contributed by atoms with van der Waals surface area (Å²) in [6.45, 7) is 8.35. The number of nitrogens with one attached hydrogen (secondary N) is 2. The lowest BCUT2D eigenvalue weighted by Crippen LogP contribution is -2.50. The fourth-order valence-corrected chi connectivity index (χ4v) is 3.58. The molecule has 2 saturated heterocycles. The van der Waals surface area contributed by atoms with E-state index in [1.807, 2.05) is 0 Å².